The van der Waals surface area contributed by atoms with Gasteiger partial charge in [0.25, 0.3) is 11.1 Å². The van der Waals surface area contributed by atoms with Crippen molar-refractivity contribution in [2.24, 2.45) is 0 Å². The molecule has 0 spiro atoms. The zero-order valence-corrected chi connectivity index (χ0v) is 13.7. The van der Waals surface area contributed by atoms with Gasteiger partial charge in [-0.15, -0.1) is 0 Å². The number of benzene rings is 1. The van der Waals surface area contributed by atoms with E-state index in [1.807, 2.05) is 13.0 Å². The molecule has 2 amide bonds. The summed E-state index contributed by atoms with van der Waals surface area (Å²) < 4.78 is 10.4. The second kappa shape index (κ2) is 7.35. The van der Waals surface area contributed by atoms with Crippen molar-refractivity contribution in [3.05, 3.63) is 28.7 Å². The molecule has 1 fully saturated rings. The SMILES string of the molecule is CCCCN1C(=O)S/C(=C/c2ccc(OC)c(OC)c2)C1=O. The van der Waals surface area contributed by atoms with Crippen LogP contribution in [0.1, 0.15) is 25.3 Å². The fourth-order valence-corrected chi connectivity index (χ4v) is 2.97. The zero-order chi connectivity index (χ0) is 16.1. The van der Waals surface area contributed by atoms with Crippen LogP contribution in [0.2, 0.25) is 0 Å². The van der Waals surface area contributed by atoms with Crippen LogP contribution < -0.4 is 9.47 Å². The van der Waals surface area contributed by atoms with Gasteiger partial charge in [0.1, 0.15) is 0 Å². The molecule has 22 heavy (non-hydrogen) atoms. The smallest absolute Gasteiger partial charge is 0.293 e. The number of rotatable bonds is 6. The van der Waals surface area contributed by atoms with Gasteiger partial charge < -0.3 is 9.47 Å². The van der Waals surface area contributed by atoms with E-state index >= 15 is 0 Å². The molecule has 6 heteroatoms. The lowest BCUT2D eigenvalue weighted by Crippen LogP contribution is -2.29. The average molecular weight is 321 g/mol. The van der Waals surface area contributed by atoms with Crippen LogP contribution in [0.3, 0.4) is 0 Å². The fraction of sp³-hybridized carbons (Fsp3) is 0.375. The molecule has 118 valence electrons. The van der Waals surface area contributed by atoms with Gasteiger partial charge in [-0.1, -0.05) is 19.4 Å². The average Bonchev–Trinajstić information content (AvgIpc) is 2.79. The van der Waals surface area contributed by atoms with Crippen LogP contribution in [-0.2, 0) is 4.79 Å². The van der Waals surface area contributed by atoms with Crippen molar-refractivity contribution in [3.8, 4) is 11.5 Å². The first-order valence-corrected chi connectivity index (χ1v) is 7.89. The number of nitrogens with zero attached hydrogens (tertiary/aromatic N) is 1. The minimum atomic E-state index is -0.224. The number of amides is 2. The van der Waals surface area contributed by atoms with E-state index in [1.165, 1.54) is 4.90 Å². The molecule has 0 aromatic heterocycles. The Bertz CT molecular complexity index is 612. The lowest BCUT2D eigenvalue weighted by molar-refractivity contribution is -0.122. The number of hydrogen-bond donors (Lipinski definition) is 0. The van der Waals surface area contributed by atoms with Crippen molar-refractivity contribution in [1.29, 1.82) is 0 Å². The van der Waals surface area contributed by atoms with Crippen LogP contribution in [0, 0.1) is 0 Å². The highest BCUT2D eigenvalue weighted by atomic mass is 32.2. The standard InChI is InChI=1S/C16H19NO4S/c1-4-5-8-17-15(18)14(22-16(17)19)10-11-6-7-12(20-2)13(9-11)21-3/h6-7,9-10H,4-5,8H2,1-3H3/b14-10+. The summed E-state index contributed by atoms with van der Waals surface area (Å²) in [6.07, 6.45) is 3.47. The van der Waals surface area contributed by atoms with Crippen molar-refractivity contribution in [3.63, 3.8) is 0 Å². The highest BCUT2D eigenvalue weighted by Crippen LogP contribution is 2.34. The molecule has 0 saturated carbocycles. The maximum Gasteiger partial charge on any atom is 0.293 e. The van der Waals surface area contributed by atoms with E-state index in [0.29, 0.717) is 22.9 Å². The highest BCUT2D eigenvalue weighted by Gasteiger charge is 2.34. The van der Waals surface area contributed by atoms with Gasteiger partial charge in [0.05, 0.1) is 19.1 Å². The second-order valence-corrected chi connectivity index (χ2v) is 5.79. The minimum absolute atomic E-state index is 0.204. The minimum Gasteiger partial charge on any atom is -0.493 e. The fourth-order valence-electron chi connectivity index (χ4n) is 2.10. The molecule has 1 aliphatic heterocycles. The summed E-state index contributed by atoms with van der Waals surface area (Å²) in [5, 5.41) is -0.204. The monoisotopic (exact) mass is 321 g/mol. The molecule has 0 unspecified atom stereocenters. The first kappa shape index (κ1) is 16.4. The summed E-state index contributed by atoms with van der Waals surface area (Å²) in [4.78, 5) is 25.9. The van der Waals surface area contributed by atoms with E-state index in [-0.39, 0.29) is 11.1 Å². The van der Waals surface area contributed by atoms with E-state index in [4.69, 9.17) is 9.47 Å². The third-order valence-corrected chi connectivity index (χ3v) is 4.22. The topological polar surface area (TPSA) is 55.8 Å². The van der Waals surface area contributed by atoms with Gasteiger partial charge in [-0.3, -0.25) is 14.5 Å². The van der Waals surface area contributed by atoms with Gasteiger partial charge in [0.2, 0.25) is 0 Å². The van der Waals surface area contributed by atoms with Gasteiger partial charge in [0.15, 0.2) is 11.5 Å². The lowest BCUT2D eigenvalue weighted by atomic mass is 10.2. The van der Waals surface area contributed by atoms with Gasteiger partial charge in [-0.2, -0.15) is 0 Å². The Kier molecular flexibility index (Phi) is 5.49. The van der Waals surface area contributed by atoms with Crippen molar-refractivity contribution in [2.75, 3.05) is 20.8 Å². The van der Waals surface area contributed by atoms with E-state index in [0.717, 1.165) is 30.2 Å². The van der Waals surface area contributed by atoms with Gasteiger partial charge in [0, 0.05) is 6.54 Å². The van der Waals surface area contributed by atoms with Crippen LogP contribution >= 0.6 is 11.8 Å². The van der Waals surface area contributed by atoms with Crippen molar-refractivity contribution >= 4 is 29.0 Å². The molecule has 0 radical (unpaired) electrons. The molecule has 5 nitrogen and oxygen atoms in total. The van der Waals surface area contributed by atoms with E-state index in [9.17, 15) is 9.59 Å². The maximum atomic E-state index is 12.3. The van der Waals surface area contributed by atoms with Crippen molar-refractivity contribution in [2.45, 2.75) is 19.8 Å². The maximum absolute atomic E-state index is 12.3. The Morgan fingerprint density at radius 3 is 2.55 bits per heavy atom. The Hall–Kier alpha value is -1.95. The van der Waals surface area contributed by atoms with Crippen LogP contribution in [0.5, 0.6) is 11.5 Å². The number of thioether (sulfide) groups is 1. The number of imide groups is 1. The van der Waals surface area contributed by atoms with Gasteiger partial charge in [-0.05, 0) is 42.0 Å². The summed E-state index contributed by atoms with van der Waals surface area (Å²) in [6.45, 7) is 2.50. The number of hydrogen-bond acceptors (Lipinski definition) is 5. The van der Waals surface area contributed by atoms with Crippen LogP contribution in [-0.4, -0.2) is 36.8 Å². The molecule has 1 aliphatic rings. The first-order valence-electron chi connectivity index (χ1n) is 7.08. The molecule has 1 aromatic rings. The number of unbranched alkanes of at least 4 members (excludes halogenated alkanes) is 1. The van der Waals surface area contributed by atoms with Gasteiger partial charge >= 0.3 is 0 Å². The molecule has 0 bridgehead atoms. The summed E-state index contributed by atoms with van der Waals surface area (Å²) >= 11 is 0.977. The van der Waals surface area contributed by atoms with E-state index in [2.05, 4.69) is 0 Å². The van der Waals surface area contributed by atoms with Crippen molar-refractivity contribution < 1.29 is 19.1 Å². The Balaban J connectivity index is 2.23. The molecular weight excluding hydrogens is 302 g/mol. The number of carbonyl (C=O) groups excluding carboxylic acids is 2. The molecule has 2 rings (SSSR count). The third-order valence-electron chi connectivity index (χ3n) is 3.31. The number of methoxy groups -OCH3 is 2. The lowest BCUT2D eigenvalue weighted by Gasteiger charge is -2.10. The number of carbonyl (C=O) groups is 2. The molecule has 1 saturated heterocycles. The predicted octanol–water partition coefficient (Wildman–Crippen LogP) is 3.54. The predicted molar refractivity (Wildman–Crippen MR) is 87.1 cm³/mol. The number of ether oxygens (including phenoxy) is 2. The molecule has 0 atom stereocenters. The quantitative estimate of drug-likeness (QED) is 0.750. The van der Waals surface area contributed by atoms with Crippen LogP contribution in [0.15, 0.2) is 23.1 Å². The Morgan fingerprint density at radius 2 is 1.91 bits per heavy atom. The van der Waals surface area contributed by atoms with E-state index < -0.39 is 0 Å². The Morgan fingerprint density at radius 1 is 1.18 bits per heavy atom. The second-order valence-electron chi connectivity index (χ2n) is 4.80. The van der Waals surface area contributed by atoms with Crippen LogP contribution in [0.4, 0.5) is 4.79 Å². The largest absolute Gasteiger partial charge is 0.493 e. The van der Waals surface area contributed by atoms with Crippen molar-refractivity contribution in [1.82, 2.24) is 4.90 Å². The normalized spacial score (nSPS) is 16.5. The molecule has 0 aliphatic carbocycles. The Labute approximate surface area is 134 Å². The molecular formula is C16H19NO4S. The summed E-state index contributed by atoms with van der Waals surface area (Å²) in [5.74, 6) is 0.982. The summed E-state index contributed by atoms with van der Waals surface area (Å²) in [6, 6.07) is 5.37. The first-order chi connectivity index (χ1) is 10.6. The molecule has 1 heterocycles. The van der Waals surface area contributed by atoms with Crippen LogP contribution in [0.25, 0.3) is 6.08 Å². The summed E-state index contributed by atoms with van der Waals surface area (Å²) in [5.41, 5.74) is 0.790. The summed E-state index contributed by atoms with van der Waals surface area (Å²) in [7, 11) is 3.12. The van der Waals surface area contributed by atoms with E-state index in [1.54, 1.807) is 32.4 Å². The zero-order valence-electron chi connectivity index (χ0n) is 12.9. The third kappa shape index (κ3) is 3.44. The van der Waals surface area contributed by atoms with Gasteiger partial charge in [-0.25, -0.2) is 0 Å². The highest BCUT2D eigenvalue weighted by molar-refractivity contribution is 8.18. The molecule has 0 N–H and O–H groups in total. The molecule has 1 aromatic carbocycles.